The van der Waals surface area contributed by atoms with E-state index >= 15 is 0 Å². The molecule has 2 nitrogen and oxygen atoms in total. The topological polar surface area (TPSA) is 26.3 Å². The van der Waals surface area contributed by atoms with Crippen molar-refractivity contribution in [2.45, 2.75) is 18.7 Å². The molecule has 0 saturated carbocycles. The Morgan fingerprint density at radius 1 is 1.43 bits per heavy atom. The second-order valence-corrected chi connectivity index (χ2v) is 4.02. The molecule has 3 heteroatoms. The molecule has 76 valence electrons. The molecule has 0 fully saturated rings. The molecule has 1 aromatic rings. The number of carbonyl (C=O) groups is 1. The molecule has 0 aliphatic carbocycles. The molecule has 0 aliphatic heterocycles. The van der Waals surface area contributed by atoms with E-state index in [2.05, 4.69) is 6.92 Å². The number of carbonyl (C=O) groups excluding carboxylic acids is 1. The Bertz CT molecular complexity index is 310. The van der Waals surface area contributed by atoms with Crippen LogP contribution in [0.4, 0.5) is 0 Å². The number of hydrogen-bond acceptors (Lipinski definition) is 3. The number of rotatable bonds is 5. The molecule has 1 aromatic carbocycles. The van der Waals surface area contributed by atoms with Crippen LogP contribution in [0.3, 0.4) is 0 Å². The summed E-state index contributed by atoms with van der Waals surface area (Å²) in [7, 11) is 0. The number of benzene rings is 1. The molecule has 0 spiro atoms. The van der Waals surface area contributed by atoms with E-state index in [0.717, 1.165) is 16.9 Å². The molecule has 0 amide bonds. The van der Waals surface area contributed by atoms with Gasteiger partial charge in [0.25, 0.3) is 0 Å². The van der Waals surface area contributed by atoms with Gasteiger partial charge < -0.3 is 4.74 Å². The standard InChI is InChI=1S/C11H14O2S/c1-3-13-11-7-10(14-4-2)6-5-9(11)8-12/h5-8H,3-4H2,1-2H3. The summed E-state index contributed by atoms with van der Waals surface area (Å²) in [6, 6.07) is 5.66. The van der Waals surface area contributed by atoms with Crippen molar-refractivity contribution < 1.29 is 9.53 Å². The summed E-state index contributed by atoms with van der Waals surface area (Å²) in [6.45, 7) is 4.59. The molecule has 1 rings (SSSR count). The summed E-state index contributed by atoms with van der Waals surface area (Å²) in [5, 5.41) is 0. The maximum atomic E-state index is 10.7. The van der Waals surface area contributed by atoms with Crippen LogP contribution < -0.4 is 4.74 Å². The average molecular weight is 210 g/mol. The predicted molar refractivity (Wildman–Crippen MR) is 59.4 cm³/mol. The van der Waals surface area contributed by atoms with Gasteiger partial charge in [-0.15, -0.1) is 11.8 Å². The molecule has 0 saturated heterocycles. The van der Waals surface area contributed by atoms with Crippen LogP contribution in [0.15, 0.2) is 23.1 Å². The summed E-state index contributed by atoms with van der Waals surface area (Å²) in [6.07, 6.45) is 0.825. The zero-order valence-electron chi connectivity index (χ0n) is 8.45. The highest BCUT2D eigenvalue weighted by molar-refractivity contribution is 7.99. The highest BCUT2D eigenvalue weighted by Gasteiger charge is 2.03. The molecule has 0 aromatic heterocycles. The van der Waals surface area contributed by atoms with E-state index in [0.29, 0.717) is 17.9 Å². The number of ether oxygens (including phenoxy) is 1. The fraction of sp³-hybridized carbons (Fsp3) is 0.364. The van der Waals surface area contributed by atoms with Crippen molar-refractivity contribution >= 4 is 18.0 Å². The smallest absolute Gasteiger partial charge is 0.153 e. The third kappa shape index (κ3) is 2.77. The lowest BCUT2D eigenvalue weighted by Gasteiger charge is -2.07. The first kappa shape index (κ1) is 11.1. The minimum Gasteiger partial charge on any atom is -0.493 e. The van der Waals surface area contributed by atoms with Gasteiger partial charge in [0.15, 0.2) is 6.29 Å². The van der Waals surface area contributed by atoms with Gasteiger partial charge in [0.1, 0.15) is 5.75 Å². The number of thioether (sulfide) groups is 1. The van der Waals surface area contributed by atoms with E-state index in [-0.39, 0.29) is 0 Å². The molecule has 0 radical (unpaired) electrons. The molecule has 0 N–H and O–H groups in total. The monoisotopic (exact) mass is 210 g/mol. The van der Waals surface area contributed by atoms with Crippen molar-refractivity contribution in [3.05, 3.63) is 23.8 Å². The van der Waals surface area contributed by atoms with Crippen LogP contribution in [0.25, 0.3) is 0 Å². The second-order valence-electron chi connectivity index (χ2n) is 2.68. The molecular formula is C11H14O2S. The average Bonchev–Trinajstić information content (AvgIpc) is 2.19. The van der Waals surface area contributed by atoms with Gasteiger partial charge in [0, 0.05) is 4.90 Å². The van der Waals surface area contributed by atoms with Gasteiger partial charge in [-0.05, 0) is 30.9 Å². The Labute approximate surface area is 88.7 Å². The normalized spacial score (nSPS) is 9.86. The summed E-state index contributed by atoms with van der Waals surface area (Å²) in [4.78, 5) is 11.8. The molecule has 0 aliphatic rings. The van der Waals surface area contributed by atoms with Crippen molar-refractivity contribution in [2.75, 3.05) is 12.4 Å². The molecule has 14 heavy (non-hydrogen) atoms. The van der Waals surface area contributed by atoms with Gasteiger partial charge in [0.2, 0.25) is 0 Å². The van der Waals surface area contributed by atoms with Crippen LogP contribution in [0.1, 0.15) is 24.2 Å². The SMILES string of the molecule is CCOc1cc(SCC)ccc1C=O. The summed E-state index contributed by atoms with van der Waals surface area (Å²) in [5.74, 6) is 1.70. The first-order valence-corrected chi connectivity index (χ1v) is 5.65. The Morgan fingerprint density at radius 2 is 2.21 bits per heavy atom. The third-order valence-electron chi connectivity index (χ3n) is 1.72. The fourth-order valence-electron chi connectivity index (χ4n) is 1.15. The van der Waals surface area contributed by atoms with Crippen molar-refractivity contribution in [1.29, 1.82) is 0 Å². The van der Waals surface area contributed by atoms with Crippen LogP contribution in [-0.2, 0) is 0 Å². The van der Waals surface area contributed by atoms with Crippen LogP contribution in [0.2, 0.25) is 0 Å². The maximum Gasteiger partial charge on any atom is 0.153 e. The molecular weight excluding hydrogens is 196 g/mol. The minimum atomic E-state index is 0.584. The van der Waals surface area contributed by atoms with Crippen LogP contribution >= 0.6 is 11.8 Å². The lowest BCUT2D eigenvalue weighted by molar-refractivity contribution is 0.112. The number of aldehydes is 1. The van der Waals surface area contributed by atoms with E-state index in [1.165, 1.54) is 0 Å². The molecule has 0 unspecified atom stereocenters. The molecule has 0 heterocycles. The van der Waals surface area contributed by atoms with Gasteiger partial charge in [-0.2, -0.15) is 0 Å². The minimum absolute atomic E-state index is 0.584. The van der Waals surface area contributed by atoms with Gasteiger partial charge in [-0.3, -0.25) is 4.79 Å². The highest BCUT2D eigenvalue weighted by Crippen LogP contribution is 2.25. The molecule has 0 atom stereocenters. The Morgan fingerprint density at radius 3 is 2.79 bits per heavy atom. The van der Waals surface area contributed by atoms with Crippen molar-refractivity contribution in [3.8, 4) is 5.75 Å². The maximum absolute atomic E-state index is 10.7. The number of hydrogen-bond donors (Lipinski definition) is 0. The Balaban J connectivity index is 2.94. The van der Waals surface area contributed by atoms with E-state index in [1.54, 1.807) is 17.8 Å². The van der Waals surface area contributed by atoms with Crippen molar-refractivity contribution in [2.24, 2.45) is 0 Å². The van der Waals surface area contributed by atoms with Gasteiger partial charge in [-0.25, -0.2) is 0 Å². The summed E-state index contributed by atoms with van der Waals surface area (Å²) in [5.41, 5.74) is 0.618. The van der Waals surface area contributed by atoms with Gasteiger partial charge >= 0.3 is 0 Å². The Hall–Kier alpha value is -0.960. The first-order valence-electron chi connectivity index (χ1n) is 4.66. The van der Waals surface area contributed by atoms with Crippen LogP contribution in [0.5, 0.6) is 5.75 Å². The summed E-state index contributed by atoms with van der Waals surface area (Å²) >= 11 is 1.74. The van der Waals surface area contributed by atoms with Crippen molar-refractivity contribution in [1.82, 2.24) is 0 Å². The van der Waals surface area contributed by atoms with Crippen molar-refractivity contribution in [3.63, 3.8) is 0 Å². The van der Waals surface area contributed by atoms with E-state index in [4.69, 9.17) is 4.74 Å². The Kier molecular flexibility index (Phi) is 4.53. The van der Waals surface area contributed by atoms with Crippen LogP contribution in [0, 0.1) is 0 Å². The van der Waals surface area contributed by atoms with E-state index < -0.39 is 0 Å². The first-order chi connectivity index (χ1) is 6.81. The second kappa shape index (κ2) is 5.70. The lowest BCUT2D eigenvalue weighted by Crippen LogP contribution is -1.96. The predicted octanol–water partition coefficient (Wildman–Crippen LogP) is 3.01. The third-order valence-corrected chi connectivity index (χ3v) is 2.60. The van der Waals surface area contributed by atoms with Gasteiger partial charge in [0.05, 0.1) is 12.2 Å². The van der Waals surface area contributed by atoms with Crippen LogP contribution in [-0.4, -0.2) is 18.6 Å². The largest absolute Gasteiger partial charge is 0.493 e. The summed E-state index contributed by atoms with van der Waals surface area (Å²) < 4.78 is 5.37. The fourth-order valence-corrected chi connectivity index (χ4v) is 1.84. The van der Waals surface area contributed by atoms with E-state index in [9.17, 15) is 4.79 Å². The lowest BCUT2D eigenvalue weighted by atomic mass is 10.2. The van der Waals surface area contributed by atoms with E-state index in [1.807, 2.05) is 19.1 Å². The zero-order chi connectivity index (χ0) is 10.4. The highest BCUT2D eigenvalue weighted by atomic mass is 32.2. The zero-order valence-corrected chi connectivity index (χ0v) is 9.26. The van der Waals surface area contributed by atoms with Gasteiger partial charge in [-0.1, -0.05) is 6.92 Å². The quantitative estimate of drug-likeness (QED) is 0.552. The molecule has 0 bridgehead atoms.